The molecule has 0 spiro atoms. The molecule has 0 atom stereocenters. The Labute approximate surface area is 163 Å². The minimum absolute atomic E-state index is 0.259. The zero-order valence-electron chi connectivity index (χ0n) is 16.5. The number of anilines is 2. The van der Waals surface area contributed by atoms with Crippen molar-refractivity contribution in [2.45, 2.75) is 26.8 Å². The molecule has 2 heterocycles. The van der Waals surface area contributed by atoms with Crippen molar-refractivity contribution >= 4 is 11.5 Å². The first-order valence-electron chi connectivity index (χ1n) is 9.21. The molecule has 0 amide bonds. The van der Waals surface area contributed by atoms with Crippen molar-refractivity contribution in [3.05, 3.63) is 63.6 Å². The summed E-state index contributed by atoms with van der Waals surface area (Å²) in [5.41, 5.74) is 5.89. The van der Waals surface area contributed by atoms with E-state index in [1.165, 1.54) is 5.56 Å². The lowest BCUT2D eigenvalue weighted by atomic mass is 9.97. The third kappa shape index (κ3) is 3.11. The van der Waals surface area contributed by atoms with Crippen molar-refractivity contribution in [1.82, 2.24) is 9.55 Å². The van der Waals surface area contributed by atoms with Crippen molar-refractivity contribution in [1.29, 1.82) is 0 Å². The smallest absolute Gasteiger partial charge is 0.350 e. The third-order valence-corrected chi connectivity index (χ3v) is 5.15. The summed E-state index contributed by atoms with van der Waals surface area (Å²) in [6.07, 6.45) is 0.744. The van der Waals surface area contributed by atoms with Gasteiger partial charge in [0, 0.05) is 23.9 Å². The minimum Gasteiger partial charge on any atom is -0.493 e. The van der Waals surface area contributed by atoms with Gasteiger partial charge in [0.15, 0.2) is 11.5 Å². The first-order valence-corrected chi connectivity index (χ1v) is 9.21. The molecule has 2 aromatic carbocycles. The molecule has 6 nitrogen and oxygen atoms in total. The van der Waals surface area contributed by atoms with Gasteiger partial charge in [-0.3, -0.25) is 4.57 Å². The van der Waals surface area contributed by atoms with Gasteiger partial charge in [-0.1, -0.05) is 17.7 Å². The lowest BCUT2D eigenvalue weighted by Gasteiger charge is -2.23. The molecule has 1 aliphatic rings. The summed E-state index contributed by atoms with van der Waals surface area (Å²) >= 11 is 0. The van der Waals surface area contributed by atoms with Gasteiger partial charge in [0.25, 0.3) is 0 Å². The molecular formula is C22H23N3O3. The Balaban J connectivity index is 1.82. The molecule has 0 bridgehead atoms. The SMILES string of the molecule is COc1cc2c(cc1OC)-c1cc(Nc3ccc(C)cc3C)nc(=O)n1CC2. The van der Waals surface area contributed by atoms with Gasteiger partial charge in [-0.05, 0) is 49.6 Å². The second-order valence-corrected chi connectivity index (χ2v) is 7.02. The number of methoxy groups -OCH3 is 2. The fraction of sp³-hybridized carbons (Fsp3) is 0.273. The number of nitrogens with one attached hydrogen (secondary N) is 1. The van der Waals surface area contributed by atoms with E-state index in [-0.39, 0.29) is 5.69 Å². The Morgan fingerprint density at radius 2 is 1.79 bits per heavy atom. The van der Waals surface area contributed by atoms with Crippen molar-refractivity contribution < 1.29 is 9.47 Å². The molecule has 144 valence electrons. The van der Waals surface area contributed by atoms with E-state index >= 15 is 0 Å². The van der Waals surface area contributed by atoms with Crippen molar-refractivity contribution in [3.63, 3.8) is 0 Å². The first-order chi connectivity index (χ1) is 13.5. The number of aromatic nitrogens is 2. The minimum atomic E-state index is -0.259. The molecule has 0 radical (unpaired) electrons. The van der Waals surface area contributed by atoms with Gasteiger partial charge in [0.05, 0.1) is 19.9 Å². The second kappa shape index (κ2) is 7.03. The van der Waals surface area contributed by atoms with E-state index in [0.717, 1.165) is 34.5 Å². The Bertz CT molecular complexity index is 1120. The summed E-state index contributed by atoms with van der Waals surface area (Å²) in [5.74, 6) is 1.87. The number of rotatable bonds is 4. The summed E-state index contributed by atoms with van der Waals surface area (Å²) in [4.78, 5) is 16.9. The normalized spacial score (nSPS) is 12.1. The van der Waals surface area contributed by atoms with Crippen LogP contribution in [0.4, 0.5) is 11.5 Å². The van der Waals surface area contributed by atoms with Crippen LogP contribution in [0.3, 0.4) is 0 Å². The summed E-state index contributed by atoms with van der Waals surface area (Å²) in [6, 6.07) is 12.0. The van der Waals surface area contributed by atoms with Gasteiger partial charge in [-0.2, -0.15) is 4.98 Å². The fourth-order valence-corrected chi connectivity index (χ4v) is 3.70. The van der Waals surface area contributed by atoms with E-state index in [4.69, 9.17) is 9.47 Å². The van der Waals surface area contributed by atoms with E-state index in [9.17, 15) is 4.79 Å². The maximum absolute atomic E-state index is 12.7. The summed E-state index contributed by atoms with van der Waals surface area (Å²) < 4.78 is 12.6. The van der Waals surface area contributed by atoms with Crippen molar-refractivity contribution in [3.8, 4) is 22.8 Å². The molecule has 1 aliphatic heterocycles. The van der Waals surface area contributed by atoms with Gasteiger partial charge in [-0.15, -0.1) is 0 Å². The summed E-state index contributed by atoms with van der Waals surface area (Å²) in [5, 5.41) is 3.29. The fourth-order valence-electron chi connectivity index (χ4n) is 3.70. The molecule has 0 aliphatic carbocycles. The number of hydrogen-bond donors (Lipinski definition) is 1. The van der Waals surface area contributed by atoms with Crippen molar-refractivity contribution in [2.24, 2.45) is 0 Å². The van der Waals surface area contributed by atoms with E-state index < -0.39 is 0 Å². The van der Waals surface area contributed by atoms with E-state index in [0.29, 0.717) is 23.9 Å². The summed E-state index contributed by atoms with van der Waals surface area (Å²) in [7, 11) is 3.24. The van der Waals surface area contributed by atoms with Gasteiger partial charge in [0.2, 0.25) is 0 Å². The van der Waals surface area contributed by atoms with Crippen LogP contribution in [0.15, 0.2) is 41.2 Å². The van der Waals surface area contributed by atoms with Crippen LogP contribution in [0, 0.1) is 13.8 Å². The number of benzene rings is 2. The zero-order valence-corrected chi connectivity index (χ0v) is 16.5. The molecule has 6 heteroatoms. The van der Waals surface area contributed by atoms with Crippen LogP contribution in [0.5, 0.6) is 11.5 Å². The maximum Gasteiger partial charge on any atom is 0.350 e. The van der Waals surface area contributed by atoms with E-state index in [2.05, 4.69) is 23.3 Å². The Morgan fingerprint density at radius 3 is 2.50 bits per heavy atom. The van der Waals surface area contributed by atoms with Crippen molar-refractivity contribution in [2.75, 3.05) is 19.5 Å². The molecule has 3 aromatic rings. The van der Waals surface area contributed by atoms with Gasteiger partial charge in [0.1, 0.15) is 5.82 Å². The Kier molecular flexibility index (Phi) is 4.55. The Morgan fingerprint density at radius 1 is 1.04 bits per heavy atom. The second-order valence-electron chi connectivity index (χ2n) is 7.02. The lowest BCUT2D eigenvalue weighted by molar-refractivity contribution is 0.354. The molecule has 1 aromatic heterocycles. The van der Waals surface area contributed by atoms with Gasteiger partial charge in [-0.25, -0.2) is 4.79 Å². The molecular weight excluding hydrogens is 354 g/mol. The zero-order chi connectivity index (χ0) is 19.8. The van der Waals surface area contributed by atoms with Crippen LogP contribution in [0.25, 0.3) is 11.3 Å². The first kappa shape index (κ1) is 18.1. The highest BCUT2D eigenvalue weighted by Gasteiger charge is 2.21. The third-order valence-electron chi connectivity index (χ3n) is 5.15. The van der Waals surface area contributed by atoms with Crippen LogP contribution in [-0.2, 0) is 13.0 Å². The molecule has 1 N–H and O–H groups in total. The maximum atomic E-state index is 12.7. The van der Waals surface area contributed by atoms with E-state index in [1.807, 2.05) is 37.3 Å². The topological polar surface area (TPSA) is 65.4 Å². The largest absolute Gasteiger partial charge is 0.493 e. The number of nitrogens with zero attached hydrogens (tertiary/aromatic N) is 2. The average Bonchev–Trinajstić information content (AvgIpc) is 2.69. The number of fused-ring (bicyclic) bond motifs is 3. The highest BCUT2D eigenvalue weighted by molar-refractivity contribution is 5.73. The predicted molar refractivity (Wildman–Crippen MR) is 110 cm³/mol. The molecule has 28 heavy (non-hydrogen) atoms. The van der Waals surface area contributed by atoms with E-state index in [1.54, 1.807) is 18.8 Å². The predicted octanol–water partition coefficient (Wildman–Crippen LogP) is 3.84. The molecule has 0 saturated carbocycles. The van der Waals surface area contributed by atoms with Gasteiger partial charge >= 0.3 is 5.69 Å². The molecule has 4 rings (SSSR count). The van der Waals surface area contributed by atoms with Crippen LogP contribution in [0.1, 0.15) is 16.7 Å². The lowest BCUT2D eigenvalue weighted by Crippen LogP contribution is -2.28. The molecule has 0 saturated heterocycles. The van der Waals surface area contributed by atoms with Crippen LogP contribution < -0.4 is 20.5 Å². The monoisotopic (exact) mass is 377 g/mol. The van der Waals surface area contributed by atoms with Crippen LogP contribution in [-0.4, -0.2) is 23.8 Å². The summed E-state index contributed by atoms with van der Waals surface area (Å²) in [6.45, 7) is 4.68. The quantitative estimate of drug-likeness (QED) is 0.748. The number of ether oxygens (including phenoxy) is 2. The molecule has 0 fully saturated rings. The highest BCUT2D eigenvalue weighted by Crippen LogP contribution is 2.38. The average molecular weight is 377 g/mol. The Hall–Kier alpha value is -3.28. The number of aryl methyl sites for hydroxylation is 3. The van der Waals surface area contributed by atoms with Gasteiger partial charge < -0.3 is 14.8 Å². The van der Waals surface area contributed by atoms with Crippen LogP contribution in [0.2, 0.25) is 0 Å². The van der Waals surface area contributed by atoms with Crippen LogP contribution >= 0.6 is 0 Å². The molecule has 0 unspecified atom stereocenters. The highest BCUT2D eigenvalue weighted by atomic mass is 16.5. The number of hydrogen-bond acceptors (Lipinski definition) is 5. The standard InChI is InChI=1S/C22H23N3O3/c1-13-5-6-17(14(2)9-13)23-21-12-18-16-11-20(28-4)19(27-3)10-15(16)7-8-25(18)22(26)24-21/h5-6,9-12H,7-8H2,1-4H3,(H,23,24,26).